The van der Waals surface area contributed by atoms with Crippen LogP contribution in [0.1, 0.15) is 17.4 Å². The third-order valence-corrected chi connectivity index (χ3v) is 4.16. The molecule has 1 heterocycles. The maximum absolute atomic E-state index is 12.6. The average Bonchev–Trinajstić information content (AvgIpc) is 2.71. The fraction of sp³-hybridized carbons (Fsp3) is 0.200. The second-order valence-corrected chi connectivity index (χ2v) is 6.43. The van der Waals surface area contributed by atoms with Gasteiger partial charge in [-0.2, -0.15) is 5.10 Å². The largest absolute Gasteiger partial charge is 0.573 e. The van der Waals surface area contributed by atoms with Crippen molar-refractivity contribution in [3.63, 3.8) is 0 Å². The number of carbonyl (C=O) groups excluding carboxylic acids is 2. The van der Waals surface area contributed by atoms with E-state index in [1.54, 1.807) is 18.2 Å². The zero-order chi connectivity index (χ0) is 22.8. The lowest BCUT2D eigenvalue weighted by atomic mass is 10.1. The van der Waals surface area contributed by atoms with Gasteiger partial charge in [-0.15, -0.1) is 13.2 Å². The molecule has 1 atom stereocenters. The van der Waals surface area contributed by atoms with E-state index in [9.17, 15) is 27.6 Å². The van der Waals surface area contributed by atoms with Crippen molar-refractivity contribution in [2.75, 3.05) is 5.32 Å². The molecule has 1 N–H and O–H groups in total. The lowest BCUT2D eigenvalue weighted by Gasteiger charge is -2.15. The van der Waals surface area contributed by atoms with Gasteiger partial charge in [-0.25, -0.2) is 9.48 Å². The predicted octanol–water partition coefficient (Wildman–Crippen LogP) is 3.02. The van der Waals surface area contributed by atoms with Crippen LogP contribution in [0.2, 0.25) is 0 Å². The minimum atomic E-state index is -4.83. The van der Waals surface area contributed by atoms with Crippen LogP contribution in [0.25, 0.3) is 10.8 Å². The first kappa shape index (κ1) is 21.8. The molecule has 0 aliphatic carbocycles. The molecular formula is C20H16F3N3O5. The molecule has 0 saturated heterocycles. The normalized spacial score (nSPS) is 12.3. The Balaban J connectivity index is 1.70. The second-order valence-electron chi connectivity index (χ2n) is 6.43. The van der Waals surface area contributed by atoms with Crippen LogP contribution in [0.4, 0.5) is 18.9 Å². The molecule has 8 nitrogen and oxygen atoms in total. The summed E-state index contributed by atoms with van der Waals surface area (Å²) in [6.45, 7) is 1.32. The minimum Gasteiger partial charge on any atom is -0.448 e. The van der Waals surface area contributed by atoms with Crippen molar-refractivity contribution in [1.82, 2.24) is 9.78 Å². The number of ether oxygens (including phenoxy) is 2. The lowest BCUT2D eigenvalue weighted by Crippen LogP contribution is -2.31. The molecule has 0 fully saturated rings. The minimum absolute atomic E-state index is 0.133. The molecule has 1 aromatic heterocycles. The summed E-state index contributed by atoms with van der Waals surface area (Å²) in [5, 5.41) is 6.90. The van der Waals surface area contributed by atoms with Crippen LogP contribution in [0.3, 0.4) is 0 Å². The maximum Gasteiger partial charge on any atom is 0.573 e. The highest BCUT2D eigenvalue weighted by atomic mass is 19.4. The van der Waals surface area contributed by atoms with E-state index in [1.807, 2.05) is 0 Å². The first-order valence-electron chi connectivity index (χ1n) is 8.89. The Morgan fingerprint density at radius 2 is 1.68 bits per heavy atom. The summed E-state index contributed by atoms with van der Waals surface area (Å²) in [4.78, 5) is 37.0. The monoisotopic (exact) mass is 435 g/mol. The number of carbonyl (C=O) groups is 2. The topological polar surface area (TPSA) is 99.5 Å². The lowest BCUT2D eigenvalue weighted by molar-refractivity contribution is -0.274. The molecule has 3 rings (SSSR count). The second kappa shape index (κ2) is 8.46. The number of hydrogen-bond donors (Lipinski definition) is 1. The molecule has 0 bridgehead atoms. The van der Waals surface area contributed by atoms with E-state index in [1.165, 1.54) is 32.2 Å². The van der Waals surface area contributed by atoms with Gasteiger partial charge in [-0.3, -0.25) is 9.59 Å². The predicted molar refractivity (Wildman–Crippen MR) is 104 cm³/mol. The van der Waals surface area contributed by atoms with Crippen LogP contribution in [0.5, 0.6) is 5.75 Å². The molecular weight excluding hydrogens is 419 g/mol. The highest BCUT2D eigenvalue weighted by Gasteiger charge is 2.31. The number of esters is 1. The smallest absolute Gasteiger partial charge is 0.448 e. The molecule has 2 aromatic carbocycles. The van der Waals surface area contributed by atoms with Crippen LogP contribution in [0, 0.1) is 0 Å². The Hall–Kier alpha value is -3.89. The third kappa shape index (κ3) is 5.18. The van der Waals surface area contributed by atoms with Gasteiger partial charge in [-0.1, -0.05) is 18.2 Å². The van der Waals surface area contributed by atoms with Gasteiger partial charge in [0.25, 0.3) is 11.5 Å². The molecule has 3 aromatic rings. The standard InChI is InChI=1S/C20H16F3N3O5/c1-11(17(27)24-12-7-9-13(10-8-12)31-20(21,22)23)30-19(29)16-14-5-3-4-6-15(14)18(28)26(2)25-16/h3-11H,1-2H3,(H,24,27). The number of aromatic nitrogens is 2. The summed E-state index contributed by atoms with van der Waals surface area (Å²) >= 11 is 0. The molecule has 0 radical (unpaired) electrons. The first-order valence-corrected chi connectivity index (χ1v) is 8.89. The number of fused-ring (bicyclic) bond motifs is 1. The number of benzene rings is 2. The van der Waals surface area contributed by atoms with Crippen LogP contribution in [-0.4, -0.2) is 34.1 Å². The van der Waals surface area contributed by atoms with Crippen molar-refractivity contribution in [1.29, 1.82) is 0 Å². The average molecular weight is 435 g/mol. The Labute approximate surface area is 173 Å². The van der Waals surface area contributed by atoms with E-state index in [0.29, 0.717) is 0 Å². The number of amides is 1. The molecule has 31 heavy (non-hydrogen) atoms. The van der Waals surface area contributed by atoms with Crippen molar-refractivity contribution >= 4 is 28.3 Å². The van der Waals surface area contributed by atoms with Gasteiger partial charge >= 0.3 is 12.3 Å². The van der Waals surface area contributed by atoms with Crippen molar-refractivity contribution in [3.05, 3.63) is 64.6 Å². The van der Waals surface area contributed by atoms with Crippen LogP contribution in [0.15, 0.2) is 53.3 Å². The molecule has 1 unspecified atom stereocenters. The number of nitrogens with one attached hydrogen (secondary N) is 1. The van der Waals surface area contributed by atoms with E-state index in [-0.39, 0.29) is 22.2 Å². The SMILES string of the molecule is CC(OC(=O)c1nn(C)c(=O)c2ccccc12)C(=O)Nc1ccc(OC(F)(F)F)cc1. The van der Waals surface area contributed by atoms with Crippen molar-refractivity contribution in [2.24, 2.45) is 7.05 Å². The highest BCUT2D eigenvalue weighted by molar-refractivity contribution is 6.03. The van der Waals surface area contributed by atoms with E-state index < -0.39 is 35.7 Å². The fourth-order valence-corrected chi connectivity index (χ4v) is 2.70. The van der Waals surface area contributed by atoms with Gasteiger partial charge in [-0.05, 0) is 37.3 Å². The van der Waals surface area contributed by atoms with E-state index in [2.05, 4.69) is 15.2 Å². The molecule has 162 valence electrons. The van der Waals surface area contributed by atoms with Crippen LogP contribution < -0.4 is 15.6 Å². The summed E-state index contributed by atoms with van der Waals surface area (Å²) in [6.07, 6.45) is -6.08. The highest BCUT2D eigenvalue weighted by Crippen LogP contribution is 2.24. The first-order chi connectivity index (χ1) is 14.5. The summed E-state index contributed by atoms with van der Waals surface area (Å²) in [5.74, 6) is -2.08. The van der Waals surface area contributed by atoms with Crippen LogP contribution in [-0.2, 0) is 16.6 Å². The Morgan fingerprint density at radius 1 is 1.06 bits per heavy atom. The zero-order valence-electron chi connectivity index (χ0n) is 16.3. The number of alkyl halides is 3. The Bertz CT molecular complexity index is 1190. The van der Waals surface area contributed by atoms with Gasteiger partial charge in [0.05, 0.1) is 5.39 Å². The third-order valence-electron chi connectivity index (χ3n) is 4.16. The van der Waals surface area contributed by atoms with E-state index in [0.717, 1.165) is 16.8 Å². The summed E-state index contributed by atoms with van der Waals surface area (Å²) in [6, 6.07) is 10.8. The van der Waals surface area contributed by atoms with Gasteiger partial charge in [0.15, 0.2) is 11.8 Å². The maximum atomic E-state index is 12.6. The van der Waals surface area contributed by atoms with Crippen molar-refractivity contribution in [3.8, 4) is 5.75 Å². The molecule has 1 amide bonds. The number of aryl methyl sites for hydroxylation is 1. The molecule has 0 aliphatic heterocycles. The summed E-state index contributed by atoms with van der Waals surface area (Å²) < 4.78 is 46.5. The van der Waals surface area contributed by atoms with E-state index in [4.69, 9.17) is 4.74 Å². The number of anilines is 1. The fourth-order valence-electron chi connectivity index (χ4n) is 2.70. The Morgan fingerprint density at radius 3 is 2.29 bits per heavy atom. The van der Waals surface area contributed by atoms with Gasteiger partial charge in [0.2, 0.25) is 0 Å². The van der Waals surface area contributed by atoms with Gasteiger partial charge < -0.3 is 14.8 Å². The summed E-state index contributed by atoms with van der Waals surface area (Å²) in [7, 11) is 1.38. The molecule has 0 saturated carbocycles. The van der Waals surface area contributed by atoms with Gasteiger partial charge in [0.1, 0.15) is 5.75 Å². The quantitative estimate of drug-likeness (QED) is 0.619. The van der Waals surface area contributed by atoms with Crippen LogP contribution >= 0.6 is 0 Å². The molecule has 0 spiro atoms. The number of hydrogen-bond acceptors (Lipinski definition) is 6. The zero-order valence-corrected chi connectivity index (χ0v) is 16.3. The van der Waals surface area contributed by atoms with Crippen molar-refractivity contribution in [2.45, 2.75) is 19.4 Å². The number of halogens is 3. The van der Waals surface area contributed by atoms with Crippen molar-refractivity contribution < 1.29 is 32.2 Å². The molecule has 11 heteroatoms. The Kier molecular flexibility index (Phi) is 5.95. The van der Waals surface area contributed by atoms with Gasteiger partial charge in [0, 0.05) is 18.1 Å². The van der Waals surface area contributed by atoms with E-state index >= 15 is 0 Å². The summed E-state index contributed by atoms with van der Waals surface area (Å²) in [5.41, 5.74) is -0.352. The number of rotatable bonds is 5. The number of nitrogens with zero attached hydrogens (tertiary/aromatic N) is 2. The molecule has 0 aliphatic rings.